The van der Waals surface area contributed by atoms with Crippen molar-refractivity contribution >= 4 is 18.0 Å². The Morgan fingerprint density at radius 1 is 1.06 bits per heavy atom. The number of rotatable bonds is 10. The van der Waals surface area contributed by atoms with Gasteiger partial charge in [0.15, 0.2) is 0 Å². The summed E-state index contributed by atoms with van der Waals surface area (Å²) in [6.45, 7) is 3.42. The van der Waals surface area contributed by atoms with Crippen LogP contribution in [0, 0.1) is 5.92 Å². The number of ether oxygens (including phenoxy) is 2. The van der Waals surface area contributed by atoms with Crippen LogP contribution in [-0.2, 0) is 19.1 Å². The molecule has 0 spiro atoms. The number of nitrogens with zero attached hydrogens (tertiary/aromatic N) is 1. The zero-order valence-electron chi connectivity index (χ0n) is 19.9. The molecule has 0 bridgehead atoms. The predicted octanol–water partition coefficient (Wildman–Crippen LogP) is 3.64. The minimum absolute atomic E-state index is 0.00627. The molecular weight excluding hydrogens is 448 g/mol. The van der Waals surface area contributed by atoms with Gasteiger partial charge in [0.1, 0.15) is 6.61 Å². The number of carbonyl (C=O) groups is 3. The molecule has 0 saturated carbocycles. The molecule has 2 aliphatic rings. The molecule has 0 aromatic heterocycles. The quantitative estimate of drug-likeness (QED) is 0.538. The molecule has 1 aliphatic carbocycles. The van der Waals surface area contributed by atoms with E-state index in [0.717, 1.165) is 17.5 Å². The van der Waals surface area contributed by atoms with Crippen LogP contribution in [-0.4, -0.2) is 66.9 Å². The fraction of sp³-hybridized carbons (Fsp3) is 0.444. The molecular formula is C27H32N2O6. The standard InChI is InChI=1S/C27H32N2O6/c1-2-12-29(13-11-25(30)31)26(32)18-14-19(34-16-18)15-28-27(33)35-17-24-22-9-5-3-7-20(22)21-8-4-6-10-23(21)24/h3-10,18-19,24H,2,11-17H2,1H3,(H,28,33)(H,30,31). The monoisotopic (exact) mass is 480 g/mol. The van der Waals surface area contributed by atoms with Gasteiger partial charge in [-0.05, 0) is 35.1 Å². The molecule has 2 unspecified atom stereocenters. The smallest absolute Gasteiger partial charge is 0.407 e. The average molecular weight is 481 g/mol. The second-order valence-electron chi connectivity index (χ2n) is 9.06. The fourth-order valence-corrected chi connectivity index (χ4v) is 4.96. The lowest BCUT2D eigenvalue weighted by Gasteiger charge is -2.24. The largest absolute Gasteiger partial charge is 0.481 e. The molecule has 8 heteroatoms. The first-order valence-corrected chi connectivity index (χ1v) is 12.2. The normalized spacial score (nSPS) is 18.5. The number of hydrogen-bond donors (Lipinski definition) is 2. The second-order valence-corrected chi connectivity index (χ2v) is 9.06. The summed E-state index contributed by atoms with van der Waals surface area (Å²) in [5.41, 5.74) is 4.66. The van der Waals surface area contributed by atoms with Gasteiger partial charge in [-0.25, -0.2) is 4.79 Å². The molecule has 2 N–H and O–H groups in total. The molecule has 1 heterocycles. The van der Waals surface area contributed by atoms with E-state index >= 15 is 0 Å². The summed E-state index contributed by atoms with van der Waals surface area (Å²) < 4.78 is 11.3. The number of benzene rings is 2. The number of nitrogens with one attached hydrogen (secondary N) is 1. The Morgan fingerprint density at radius 2 is 1.71 bits per heavy atom. The van der Waals surface area contributed by atoms with Crippen LogP contribution in [0.4, 0.5) is 4.79 Å². The maximum absolute atomic E-state index is 12.8. The van der Waals surface area contributed by atoms with E-state index in [4.69, 9.17) is 14.6 Å². The SMILES string of the molecule is CCCN(CCC(=O)O)C(=O)C1COC(CNC(=O)OCC2c3ccccc3-c3ccccc32)C1. The Bertz CT molecular complexity index is 1030. The van der Waals surface area contributed by atoms with Gasteiger partial charge in [-0.15, -0.1) is 0 Å². The molecule has 4 rings (SSSR count). The molecule has 1 aliphatic heterocycles. The second kappa shape index (κ2) is 11.4. The summed E-state index contributed by atoms with van der Waals surface area (Å²) in [5.74, 6) is -1.35. The summed E-state index contributed by atoms with van der Waals surface area (Å²) in [6, 6.07) is 16.3. The fourth-order valence-electron chi connectivity index (χ4n) is 4.96. The summed E-state index contributed by atoms with van der Waals surface area (Å²) in [4.78, 5) is 37.7. The molecule has 2 aromatic carbocycles. The van der Waals surface area contributed by atoms with E-state index in [1.807, 2.05) is 31.2 Å². The lowest BCUT2D eigenvalue weighted by Crippen LogP contribution is -2.39. The Kier molecular flexibility index (Phi) is 8.02. The van der Waals surface area contributed by atoms with Gasteiger partial charge >= 0.3 is 12.1 Å². The number of fused-ring (bicyclic) bond motifs is 3. The summed E-state index contributed by atoms with van der Waals surface area (Å²) in [6.07, 6.45) is 0.361. The number of alkyl carbamates (subject to hydrolysis) is 1. The van der Waals surface area contributed by atoms with Gasteiger partial charge < -0.3 is 24.8 Å². The van der Waals surface area contributed by atoms with Gasteiger partial charge in [-0.3, -0.25) is 9.59 Å². The number of carboxylic acid groups (broad SMARTS) is 1. The minimum atomic E-state index is -0.924. The van der Waals surface area contributed by atoms with Crippen LogP contribution >= 0.6 is 0 Å². The molecule has 2 amide bonds. The van der Waals surface area contributed by atoms with E-state index in [0.29, 0.717) is 13.0 Å². The van der Waals surface area contributed by atoms with Crippen molar-refractivity contribution in [3.63, 3.8) is 0 Å². The van der Waals surface area contributed by atoms with E-state index in [1.54, 1.807) is 4.90 Å². The van der Waals surface area contributed by atoms with Crippen LogP contribution < -0.4 is 5.32 Å². The molecule has 1 saturated heterocycles. The molecule has 2 aromatic rings. The number of aliphatic carboxylic acids is 1. The van der Waals surface area contributed by atoms with E-state index in [1.165, 1.54) is 11.1 Å². The Hall–Kier alpha value is -3.39. The Labute approximate surface area is 205 Å². The van der Waals surface area contributed by atoms with Crippen molar-refractivity contribution < 1.29 is 29.0 Å². The number of carboxylic acids is 1. The lowest BCUT2D eigenvalue weighted by atomic mass is 9.98. The third-order valence-corrected chi connectivity index (χ3v) is 6.65. The summed E-state index contributed by atoms with van der Waals surface area (Å²) in [5, 5.41) is 11.7. The first-order valence-electron chi connectivity index (χ1n) is 12.2. The highest BCUT2D eigenvalue weighted by Crippen LogP contribution is 2.44. The Balaban J connectivity index is 1.25. The number of amides is 2. The van der Waals surface area contributed by atoms with Crippen LogP contribution in [0.15, 0.2) is 48.5 Å². The maximum atomic E-state index is 12.8. The van der Waals surface area contributed by atoms with Gasteiger partial charge in [0.05, 0.1) is 25.0 Å². The van der Waals surface area contributed by atoms with Crippen molar-refractivity contribution in [1.29, 1.82) is 0 Å². The average Bonchev–Trinajstić information content (AvgIpc) is 3.46. The predicted molar refractivity (Wildman–Crippen MR) is 130 cm³/mol. The van der Waals surface area contributed by atoms with Crippen LogP contribution in [0.5, 0.6) is 0 Å². The van der Waals surface area contributed by atoms with Crippen molar-refractivity contribution in [3.8, 4) is 11.1 Å². The van der Waals surface area contributed by atoms with Crippen molar-refractivity contribution in [2.75, 3.05) is 32.8 Å². The highest BCUT2D eigenvalue weighted by Gasteiger charge is 2.34. The molecule has 1 fully saturated rings. The minimum Gasteiger partial charge on any atom is -0.481 e. The summed E-state index contributed by atoms with van der Waals surface area (Å²) >= 11 is 0. The van der Waals surface area contributed by atoms with Crippen LogP contribution in [0.25, 0.3) is 11.1 Å². The molecule has 0 radical (unpaired) electrons. The maximum Gasteiger partial charge on any atom is 0.407 e. The highest BCUT2D eigenvalue weighted by atomic mass is 16.5. The van der Waals surface area contributed by atoms with Crippen LogP contribution in [0.1, 0.15) is 43.2 Å². The van der Waals surface area contributed by atoms with E-state index < -0.39 is 12.1 Å². The summed E-state index contributed by atoms with van der Waals surface area (Å²) in [7, 11) is 0. The van der Waals surface area contributed by atoms with Crippen LogP contribution in [0.3, 0.4) is 0 Å². The van der Waals surface area contributed by atoms with Gasteiger partial charge in [-0.2, -0.15) is 0 Å². The van der Waals surface area contributed by atoms with E-state index in [2.05, 4.69) is 29.6 Å². The van der Waals surface area contributed by atoms with Gasteiger partial charge in [-0.1, -0.05) is 55.5 Å². The molecule has 35 heavy (non-hydrogen) atoms. The molecule has 186 valence electrons. The van der Waals surface area contributed by atoms with E-state index in [9.17, 15) is 14.4 Å². The van der Waals surface area contributed by atoms with Crippen molar-refractivity contribution in [1.82, 2.24) is 10.2 Å². The topological polar surface area (TPSA) is 105 Å². The number of carbonyl (C=O) groups excluding carboxylic acids is 2. The zero-order valence-corrected chi connectivity index (χ0v) is 19.9. The molecule has 2 atom stereocenters. The van der Waals surface area contributed by atoms with Crippen molar-refractivity contribution in [2.45, 2.75) is 38.2 Å². The third-order valence-electron chi connectivity index (χ3n) is 6.65. The number of hydrogen-bond acceptors (Lipinski definition) is 5. The van der Waals surface area contributed by atoms with E-state index in [-0.39, 0.29) is 56.6 Å². The highest BCUT2D eigenvalue weighted by molar-refractivity contribution is 5.80. The van der Waals surface area contributed by atoms with Gasteiger partial charge in [0.25, 0.3) is 0 Å². The third kappa shape index (κ3) is 5.82. The first kappa shape index (κ1) is 24.7. The first-order chi connectivity index (χ1) is 17.0. The van der Waals surface area contributed by atoms with Gasteiger partial charge in [0, 0.05) is 25.6 Å². The van der Waals surface area contributed by atoms with Gasteiger partial charge in [0.2, 0.25) is 5.91 Å². The van der Waals surface area contributed by atoms with Crippen LogP contribution in [0.2, 0.25) is 0 Å². The molecule has 8 nitrogen and oxygen atoms in total. The van der Waals surface area contributed by atoms with Crippen molar-refractivity contribution in [3.05, 3.63) is 59.7 Å². The van der Waals surface area contributed by atoms with Crippen molar-refractivity contribution in [2.24, 2.45) is 5.92 Å². The Morgan fingerprint density at radius 3 is 2.34 bits per heavy atom. The lowest BCUT2D eigenvalue weighted by molar-refractivity contribution is -0.139. The zero-order chi connectivity index (χ0) is 24.8.